The minimum absolute atomic E-state index is 0.207. The molecule has 0 bridgehead atoms. The lowest BCUT2D eigenvalue weighted by molar-refractivity contribution is -0.359. The molecule has 2 fully saturated rings. The molecule has 0 aromatic rings. The number of hydrogen-bond acceptors (Lipinski definition) is 13. The molecule has 59 heavy (non-hydrogen) atoms. The van der Waals surface area contributed by atoms with Gasteiger partial charge in [0.2, 0.25) is 5.91 Å². The van der Waals surface area contributed by atoms with Gasteiger partial charge in [-0.1, -0.05) is 168 Å². The van der Waals surface area contributed by atoms with Crippen LogP contribution < -0.4 is 5.32 Å². The molecule has 12 atom stereocenters. The van der Waals surface area contributed by atoms with Crippen molar-refractivity contribution in [2.75, 3.05) is 19.8 Å². The Bertz CT molecular complexity index is 1010. The average molecular weight is 850 g/mol. The van der Waals surface area contributed by atoms with Gasteiger partial charge in [-0.25, -0.2) is 0 Å². The van der Waals surface area contributed by atoms with Crippen LogP contribution in [0.1, 0.15) is 187 Å². The van der Waals surface area contributed by atoms with Gasteiger partial charge in [0.25, 0.3) is 0 Å². The largest absolute Gasteiger partial charge is 0.394 e. The number of aliphatic hydroxyl groups excluding tert-OH is 8. The molecule has 12 unspecified atom stereocenters. The molecule has 0 radical (unpaired) electrons. The lowest BCUT2D eigenvalue weighted by Gasteiger charge is -2.46. The summed E-state index contributed by atoms with van der Waals surface area (Å²) in [5.74, 6) is -0.207. The summed E-state index contributed by atoms with van der Waals surface area (Å²) in [5.41, 5.74) is 0. The number of hydrogen-bond donors (Lipinski definition) is 9. The van der Waals surface area contributed by atoms with E-state index in [0.717, 1.165) is 51.4 Å². The first-order chi connectivity index (χ1) is 28.6. The summed E-state index contributed by atoms with van der Waals surface area (Å²) in [4.78, 5) is 13.1. The van der Waals surface area contributed by atoms with E-state index in [1.165, 1.54) is 109 Å². The van der Waals surface area contributed by atoms with E-state index in [1.54, 1.807) is 0 Å². The number of amides is 1. The van der Waals surface area contributed by atoms with E-state index in [9.17, 15) is 45.6 Å². The van der Waals surface area contributed by atoms with Crippen LogP contribution in [0.15, 0.2) is 0 Å². The molecule has 9 N–H and O–H groups in total. The summed E-state index contributed by atoms with van der Waals surface area (Å²) in [7, 11) is 0. The predicted octanol–water partition coefficient (Wildman–Crippen LogP) is 5.05. The average Bonchev–Trinajstić information content (AvgIpc) is 3.23. The Morgan fingerprint density at radius 1 is 0.542 bits per heavy atom. The SMILES string of the molecule is CCCCCCCCCCCCCCCCCC(=O)NC(COC1OC(CO)C(OC2OC(CO)C(O)C(O)C2O)C(O)C1O)C(O)CCCCCCCCCCCC. The normalized spacial score (nSPS) is 28.4. The van der Waals surface area contributed by atoms with Crippen molar-refractivity contribution in [3.63, 3.8) is 0 Å². The zero-order chi connectivity index (χ0) is 43.3. The van der Waals surface area contributed by atoms with Crippen molar-refractivity contribution in [3.8, 4) is 0 Å². The third kappa shape index (κ3) is 21.8. The van der Waals surface area contributed by atoms with Crippen molar-refractivity contribution >= 4 is 5.91 Å². The molecule has 2 heterocycles. The molecule has 2 aliphatic rings. The highest BCUT2D eigenvalue weighted by molar-refractivity contribution is 5.76. The fourth-order valence-corrected chi connectivity index (χ4v) is 8.12. The van der Waals surface area contributed by atoms with Crippen molar-refractivity contribution in [2.45, 2.75) is 261 Å². The summed E-state index contributed by atoms with van der Waals surface area (Å²) in [6.07, 6.45) is 14.0. The number of carbonyl (C=O) groups excluding carboxylic acids is 1. The Balaban J connectivity index is 1.85. The van der Waals surface area contributed by atoms with Crippen LogP contribution in [0.25, 0.3) is 0 Å². The first-order valence-electron chi connectivity index (χ1n) is 23.8. The zero-order valence-corrected chi connectivity index (χ0v) is 36.8. The smallest absolute Gasteiger partial charge is 0.220 e. The Morgan fingerprint density at radius 3 is 1.44 bits per heavy atom. The molecule has 350 valence electrons. The minimum Gasteiger partial charge on any atom is -0.394 e. The van der Waals surface area contributed by atoms with E-state index < -0.39 is 86.8 Å². The lowest BCUT2D eigenvalue weighted by Crippen LogP contribution is -2.65. The molecule has 14 nitrogen and oxygen atoms in total. The number of carbonyl (C=O) groups is 1. The van der Waals surface area contributed by atoms with Crippen LogP contribution in [0, 0.1) is 0 Å². The van der Waals surface area contributed by atoms with Gasteiger partial charge < -0.3 is 65.1 Å². The van der Waals surface area contributed by atoms with Crippen molar-refractivity contribution in [3.05, 3.63) is 0 Å². The van der Waals surface area contributed by atoms with Crippen LogP contribution in [0.4, 0.5) is 0 Å². The minimum atomic E-state index is -1.78. The van der Waals surface area contributed by atoms with Gasteiger partial charge >= 0.3 is 0 Å². The Morgan fingerprint density at radius 2 is 0.966 bits per heavy atom. The maximum Gasteiger partial charge on any atom is 0.220 e. The molecule has 2 saturated heterocycles. The van der Waals surface area contributed by atoms with Gasteiger partial charge in [0.1, 0.15) is 48.8 Å². The van der Waals surface area contributed by atoms with Crippen molar-refractivity contribution in [2.24, 2.45) is 0 Å². The maximum absolute atomic E-state index is 13.1. The highest BCUT2D eigenvalue weighted by Gasteiger charge is 2.51. The van der Waals surface area contributed by atoms with Crippen LogP contribution in [0.5, 0.6) is 0 Å². The predicted molar refractivity (Wildman–Crippen MR) is 226 cm³/mol. The molecular weight excluding hydrogens is 762 g/mol. The fourth-order valence-electron chi connectivity index (χ4n) is 8.12. The molecular formula is C45H87NO13. The molecule has 0 spiro atoms. The highest BCUT2D eigenvalue weighted by Crippen LogP contribution is 2.30. The first kappa shape index (κ1) is 54.1. The van der Waals surface area contributed by atoms with Gasteiger partial charge in [0, 0.05) is 6.42 Å². The number of ether oxygens (including phenoxy) is 4. The number of aliphatic hydroxyl groups is 8. The zero-order valence-electron chi connectivity index (χ0n) is 36.8. The number of nitrogens with one attached hydrogen (secondary N) is 1. The fraction of sp³-hybridized carbons (Fsp3) is 0.978. The summed E-state index contributed by atoms with van der Waals surface area (Å²) in [5, 5.41) is 86.6. The molecule has 0 saturated carbocycles. The molecule has 14 heteroatoms. The Hall–Kier alpha value is -1.01. The van der Waals surface area contributed by atoms with Crippen molar-refractivity contribution in [1.29, 1.82) is 0 Å². The van der Waals surface area contributed by atoms with Gasteiger partial charge in [-0.15, -0.1) is 0 Å². The third-order valence-electron chi connectivity index (χ3n) is 12.1. The third-order valence-corrected chi connectivity index (χ3v) is 12.1. The van der Waals surface area contributed by atoms with E-state index in [-0.39, 0.29) is 12.5 Å². The summed E-state index contributed by atoms with van der Waals surface area (Å²) < 4.78 is 22.7. The van der Waals surface area contributed by atoms with Gasteiger partial charge in [-0.3, -0.25) is 4.79 Å². The Labute approximate surface area is 355 Å². The quantitative estimate of drug-likeness (QED) is 0.0377. The first-order valence-corrected chi connectivity index (χ1v) is 23.8. The van der Waals surface area contributed by atoms with Crippen LogP contribution in [0.3, 0.4) is 0 Å². The monoisotopic (exact) mass is 850 g/mol. The van der Waals surface area contributed by atoms with Crippen LogP contribution in [-0.2, 0) is 23.7 Å². The standard InChI is InChI=1S/C45H87NO13/c1-3-5-7-9-11-13-15-16-17-18-19-21-23-25-27-29-37(50)46-33(34(49)28-26-24-22-20-14-12-10-8-6-4-2)32-56-44-42(55)40(53)43(36(31-48)58-44)59-45-41(54)39(52)38(51)35(30-47)57-45/h33-36,38-45,47-49,51-55H,3-32H2,1-2H3,(H,46,50). The van der Waals surface area contributed by atoms with E-state index in [4.69, 9.17) is 18.9 Å². The molecule has 0 aromatic carbocycles. The van der Waals surface area contributed by atoms with E-state index in [0.29, 0.717) is 12.8 Å². The molecule has 0 aliphatic carbocycles. The number of rotatable bonds is 36. The van der Waals surface area contributed by atoms with Gasteiger partial charge in [0.15, 0.2) is 12.6 Å². The van der Waals surface area contributed by atoms with Crippen LogP contribution in [0.2, 0.25) is 0 Å². The molecule has 0 aromatic heterocycles. The van der Waals surface area contributed by atoms with E-state index in [2.05, 4.69) is 19.2 Å². The summed E-state index contributed by atoms with van der Waals surface area (Å²) in [6.45, 7) is 2.83. The highest BCUT2D eigenvalue weighted by atomic mass is 16.7. The van der Waals surface area contributed by atoms with Gasteiger partial charge in [0.05, 0.1) is 32.0 Å². The molecule has 2 aliphatic heterocycles. The maximum atomic E-state index is 13.1. The number of unbranched alkanes of at least 4 members (excludes halogenated alkanes) is 23. The summed E-state index contributed by atoms with van der Waals surface area (Å²) >= 11 is 0. The van der Waals surface area contributed by atoms with E-state index in [1.807, 2.05) is 0 Å². The van der Waals surface area contributed by atoms with E-state index >= 15 is 0 Å². The second kappa shape index (κ2) is 33.5. The van der Waals surface area contributed by atoms with Crippen LogP contribution in [-0.4, -0.2) is 140 Å². The van der Waals surface area contributed by atoms with Crippen molar-refractivity contribution < 1.29 is 64.6 Å². The Kier molecular flexibility index (Phi) is 30.8. The second-order valence-corrected chi connectivity index (χ2v) is 17.2. The molecule has 1 amide bonds. The van der Waals surface area contributed by atoms with Crippen molar-refractivity contribution in [1.82, 2.24) is 5.32 Å². The lowest BCUT2D eigenvalue weighted by atomic mass is 9.97. The van der Waals surface area contributed by atoms with Gasteiger partial charge in [-0.2, -0.15) is 0 Å². The topological polar surface area (TPSA) is 228 Å². The van der Waals surface area contributed by atoms with Crippen LogP contribution >= 0.6 is 0 Å². The second-order valence-electron chi connectivity index (χ2n) is 17.2. The summed E-state index contributed by atoms with van der Waals surface area (Å²) in [6, 6.07) is -0.819. The van der Waals surface area contributed by atoms with Gasteiger partial charge in [-0.05, 0) is 12.8 Å². The molecule has 2 rings (SSSR count).